The lowest BCUT2D eigenvalue weighted by Gasteiger charge is -2.36. The highest BCUT2D eigenvalue weighted by molar-refractivity contribution is 5.79. The van der Waals surface area contributed by atoms with E-state index >= 15 is 0 Å². The van der Waals surface area contributed by atoms with E-state index < -0.39 is 0 Å². The molecule has 1 unspecified atom stereocenters. The van der Waals surface area contributed by atoms with Crippen molar-refractivity contribution in [3.05, 3.63) is 0 Å². The van der Waals surface area contributed by atoms with Gasteiger partial charge in [-0.05, 0) is 19.8 Å². The van der Waals surface area contributed by atoms with Gasteiger partial charge in [0.25, 0.3) is 0 Å². The molecule has 1 aliphatic rings. The van der Waals surface area contributed by atoms with Crippen molar-refractivity contribution in [2.24, 2.45) is 5.92 Å². The number of hydrogen-bond donors (Lipinski definition) is 1. The highest BCUT2D eigenvalue weighted by Crippen LogP contribution is 2.18. The number of carbonyl (C=O) groups is 1. The number of amides is 1. The van der Waals surface area contributed by atoms with Crippen molar-refractivity contribution < 1.29 is 4.79 Å². The molecule has 0 aromatic rings. The first-order valence-electron chi connectivity index (χ1n) is 6.71. The summed E-state index contributed by atoms with van der Waals surface area (Å²) in [4.78, 5) is 14.4. The van der Waals surface area contributed by atoms with Crippen LogP contribution in [0.4, 0.5) is 0 Å². The maximum Gasteiger partial charge on any atom is 0.225 e. The third-order valence-corrected chi connectivity index (χ3v) is 3.53. The lowest BCUT2D eigenvalue weighted by atomic mass is 9.96. The van der Waals surface area contributed by atoms with E-state index in [2.05, 4.69) is 31.0 Å². The van der Waals surface area contributed by atoms with Gasteiger partial charge in [-0.1, -0.05) is 26.7 Å². The Bertz CT molecular complexity index is 218. The maximum atomic E-state index is 12.3. The Morgan fingerprint density at radius 2 is 2.25 bits per heavy atom. The van der Waals surface area contributed by atoms with Crippen LogP contribution in [0.3, 0.4) is 0 Å². The molecule has 0 spiro atoms. The second-order valence-electron chi connectivity index (χ2n) is 4.83. The minimum atomic E-state index is 0.250. The molecule has 1 fully saturated rings. The van der Waals surface area contributed by atoms with Gasteiger partial charge in [0.15, 0.2) is 0 Å². The van der Waals surface area contributed by atoms with Gasteiger partial charge >= 0.3 is 0 Å². The Morgan fingerprint density at radius 1 is 1.50 bits per heavy atom. The zero-order valence-electron chi connectivity index (χ0n) is 11.0. The molecule has 16 heavy (non-hydrogen) atoms. The lowest BCUT2D eigenvalue weighted by Crippen LogP contribution is -2.53. The molecule has 1 rings (SSSR count). The van der Waals surface area contributed by atoms with Crippen LogP contribution in [0.1, 0.15) is 46.5 Å². The quantitative estimate of drug-likeness (QED) is 0.778. The van der Waals surface area contributed by atoms with Crippen molar-refractivity contribution in [3.8, 4) is 0 Å². The highest BCUT2D eigenvalue weighted by Gasteiger charge is 2.27. The van der Waals surface area contributed by atoms with E-state index in [0.717, 1.165) is 32.5 Å². The first-order valence-corrected chi connectivity index (χ1v) is 6.71. The Hall–Kier alpha value is -0.570. The van der Waals surface area contributed by atoms with Crippen molar-refractivity contribution in [2.45, 2.75) is 52.5 Å². The van der Waals surface area contributed by atoms with Crippen molar-refractivity contribution in [3.63, 3.8) is 0 Å². The highest BCUT2D eigenvalue weighted by atomic mass is 16.2. The van der Waals surface area contributed by atoms with E-state index in [0.29, 0.717) is 11.9 Å². The Labute approximate surface area is 99.6 Å². The van der Waals surface area contributed by atoms with Gasteiger partial charge in [-0.3, -0.25) is 4.79 Å². The van der Waals surface area contributed by atoms with Crippen LogP contribution in [0.2, 0.25) is 0 Å². The van der Waals surface area contributed by atoms with Crippen molar-refractivity contribution in [1.29, 1.82) is 0 Å². The van der Waals surface area contributed by atoms with Gasteiger partial charge in [-0.25, -0.2) is 0 Å². The predicted octanol–water partition coefficient (Wildman–Crippen LogP) is 2.02. The molecule has 0 aromatic heterocycles. The van der Waals surface area contributed by atoms with Crippen molar-refractivity contribution in [2.75, 3.05) is 19.6 Å². The molecule has 3 heteroatoms. The first-order chi connectivity index (χ1) is 7.70. The number of hydrogen-bond acceptors (Lipinski definition) is 2. The fourth-order valence-corrected chi connectivity index (χ4v) is 2.36. The number of nitrogens with one attached hydrogen (secondary N) is 1. The summed E-state index contributed by atoms with van der Waals surface area (Å²) in [6.45, 7) is 9.21. The van der Waals surface area contributed by atoms with E-state index in [1.807, 2.05) is 0 Å². The van der Waals surface area contributed by atoms with Crippen LogP contribution in [-0.2, 0) is 4.79 Å². The summed E-state index contributed by atoms with van der Waals surface area (Å²) in [5, 5.41) is 3.33. The number of piperazine rings is 1. The molecule has 0 bridgehead atoms. The second-order valence-corrected chi connectivity index (χ2v) is 4.83. The molecular weight excluding hydrogens is 200 g/mol. The second kappa shape index (κ2) is 6.89. The van der Waals surface area contributed by atoms with Crippen molar-refractivity contribution >= 4 is 5.91 Å². The Kier molecular flexibility index (Phi) is 5.81. The third kappa shape index (κ3) is 3.48. The molecule has 0 saturated carbocycles. The zero-order valence-corrected chi connectivity index (χ0v) is 11.0. The molecule has 1 aliphatic heterocycles. The van der Waals surface area contributed by atoms with Gasteiger partial charge in [0.2, 0.25) is 5.91 Å². The molecule has 0 aliphatic carbocycles. The summed E-state index contributed by atoms with van der Waals surface area (Å²) in [6, 6.07) is 0.358. The van der Waals surface area contributed by atoms with Crippen LogP contribution < -0.4 is 5.32 Å². The van der Waals surface area contributed by atoms with Crippen LogP contribution in [0.25, 0.3) is 0 Å². The first kappa shape index (κ1) is 13.5. The fourth-order valence-electron chi connectivity index (χ4n) is 2.36. The average molecular weight is 226 g/mol. The molecule has 3 nitrogen and oxygen atoms in total. The average Bonchev–Trinajstić information content (AvgIpc) is 2.30. The van der Waals surface area contributed by atoms with Gasteiger partial charge in [-0.15, -0.1) is 0 Å². The molecule has 1 N–H and O–H groups in total. The van der Waals surface area contributed by atoms with E-state index in [4.69, 9.17) is 0 Å². The molecule has 0 aromatic carbocycles. The minimum absolute atomic E-state index is 0.250. The number of unbranched alkanes of at least 4 members (excludes halogenated alkanes) is 1. The van der Waals surface area contributed by atoms with E-state index in [9.17, 15) is 4.79 Å². The van der Waals surface area contributed by atoms with Crippen LogP contribution in [0, 0.1) is 5.92 Å². The number of rotatable bonds is 5. The van der Waals surface area contributed by atoms with E-state index in [-0.39, 0.29) is 5.92 Å². The summed E-state index contributed by atoms with van der Waals surface area (Å²) >= 11 is 0. The van der Waals surface area contributed by atoms with E-state index in [1.54, 1.807) is 0 Å². The van der Waals surface area contributed by atoms with Gasteiger partial charge in [0.1, 0.15) is 0 Å². The zero-order chi connectivity index (χ0) is 12.0. The molecule has 94 valence electrons. The Balaban J connectivity index is 2.51. The molecule has 1 heterocycles. The monoisotopic (exact) mass is 226 g/mol. The largest absolute Gasteiger partial charge is 0.337 e. The molecule has 2 atom stereocenters. The van der Waals surface area contributed by atoms with Gasteiger partial charge < -0.3 is 10.2 Å². The Morgan fingerprint density at radius 3 is 2.81 bits per heavy atom. The van der Waals surface area contributed by atoms with Crippen LogP contribution in [0.5, 0.6) is 0 Å². The smallest absolute Gasteiger partial charge is 0.225 e. The van der Waals surface area contributed by atoms with Gasteiger partial charge in [-0.2, -0.15) is 0 Å². The van der Waals surface area contributed by atoms with Gasteiger partial charge in [0, 0.05) is 31.6 Å². The van der Waals surface area contributed by atoms with Gasteiger partial charge in [0.05, 0.1) is 0 Å². The van der Waals surface area contributed by atoms with Crippen molar-refractivity contribution in [1.82, 2.24) is 10.2 Å². The van der Waals surface area contributed by atoms with Crippen LogP contribution in [0.15, 0.2) is 0 Å². The predicted molar refractivity (Wildman–Crippen MR) is 67.4 cm³/mol. The third-order valence-electron chi connectivity index (χ3n) is 3.53. The normalized spacial score (nSPS) is 23.2. The molecule has 1 amide bonds. The SMILES string of the molecule is CCCCC(CC)C(=O)N1CCNC[C@H]1C. The number of nitrogens with zero attached hydrogens (tertiary/aromatic N) is 1. The summed E-state index contributed by atoms with van der Waals surface area (Å²) in [6.07, 6.45) is 4.39. The molecule has 0 radical (unpaired) electrons. The van der Waals surface area contributed by atoms with Crippen LogP contribution >= 0.6 is 0 Å². The topological polar surface area (TPSA) is 32.3 Å². The molecular formula is C13H26N2O. The lowest BCUT2D eigenvalue weighted by molar-refractivity contribution is -0.138. The molecule has 1 saturated heterocycles. The van der Waals surface area contributed by atoms with Crippen LogP contribution in [-0.4, -0.2) is 36.5 Å². The summed E-state index contributed by atoms with van der Waals surface area (Å²) in [5.41, 5.74) is 0. The summed E-state index contributed by atoms with van der Waals surface area (Å²) < 4.78 is 0. The minimum Gasteiger partial charge on any atom is -0.337 e. The summed E-state index contributed by atoms with van der Waals surface area (Å²) in [7, 11) is 0. The number of carbonyl (C=O) groups excluding carboxylic acids is 1. The summed E-state index contributed by atoms with van der Waals surface area (Å²) in [5.74, 6) is 0.630. The maximum absolute atomic E-state index is 12.3. The van der Waals surface area contributed by atoms with E-state index in [1.165, 1.54) is 12.8 Å². The standard InChI is InChI=1S/C13H26N2O/c1-4-6-7-12(5-2)13(16)15-9-8-14-10-11(15)3/h11-12,14H,4-10H2,1-3H3/t11-,12?/m1/s1. The fraction of sp³-hybridized carbons (Fsp3) is 0.923.